The number of hydrogen-bond donors (Lipinski definition) is 2. The Bertz CT molecular complexity index is 975. The Hall–Kier alpha value is -1.92. The Morgan fingerprint density at radius 3 is 2.00 bits per heavy atom. The minimum atomic E-state index is -4.06. The third kappa shape index (κ3) is 6.57. The normalized spacial score (nSPS) is 16.3. The molecular weight excluding hydrogens is 432 g/mol. The molecule has 2 unspecified atom stereocenters. The highest BCUT2D eigenvalue weighted by Gasteiger charge is 2.35. The number of nitrogens with two attached hydrogens (primary N) is 1. The molecule has 1 aliphatic carbocycles. The number of benzene rings is 1. The molecule has 184 valence electrons. The lowest BCUT2D eigenvalue weighted by atomic mass is 9.89. The Kier molecular flexibility index (Phi) is 9.50. The van der Waals surface area contributed by atoms with Crippen molar-refractivity contribution >= 4 is 15.7 Å². The fraction of sp³-hybridized carbons (Fsp3) is 0.593. The van der Waals surface area contributed by atoms with Gasteiger partial charge in [-0.1, -0.05) is 84.4 Å². The van der Waals surface area contributed by atoms with Crippen LogP contribution in [0.2, 0.25) is 0 Å². The highest BCUT2D eigenvalue weighted by molar-refractivity contribution is 7.92. The SMILES string of the molecule is CC(CCNC(=O)C(N)S(=O)(=O)c1c(C(C)C)cc(C(C)C)cc1C(C)C)C1=CCC=CC1. The van der Waals surface area contributed by atoms with Gasteiger partial charge in [0.1, 0.15) is 0 Å². The van der Waals surface area contributed by atoms with Crippen molar-refractivity contribution in [3.8, 4) is 0 Å². The largest absolute Gasteiger partial charge is 0.354 e. The van der Waals surface area contributed by atoms with E-state index in [1.54, 1.807) is 0 Å². The number of hydrogen-bond acceptors (Lipinski definition) is 4. The maximum atomic E-state index is 13.6. The summed E-state index contributed by atoms with van der Waals surface area (Å²) in [5.74, 6) is -0.0749. The van der Waals surface area contributed by atoms with Crippen LogP contribution in [-0.4, -0.2) is 26.2 Å². The first-order chi connectivity index (χ1) is 15.4. The lowest BCUT2D eigenvalue weighted by Gasteiger charge is -2.24. The van der Waals surface area contributed by atoms with Crippen LogP contribution >= 0.6 is 0 Å². The van der Waals surface area contributed by atoms with Crippen LogP contribution in [-0.2, 0) is 14.6 Å². The van der Waals surface area contributed by atoms with E-state index in [1.807, 2.05) is 39.8 Å². The highest BCUT2D eigenvalue weighted by atomic mass is 32.2. The summed E-state index contributed by atoms with van der Waals surface area (Å²) in [4.78, 5) is 13.0. The van der Waals surface area contributed by atoms with Crippen molar-refractivity contribution in [1.29, 1.82) is 0 Å². The Morgan fingerprint density at radius 2 is 1.55 bits per heavy atom. The highest BCUT2D eigenvalue weighted by Crippen LogP contribution is 2.36. The van der Waals surface area contributed by atoms with E-state index in [0.29, 0.717) is 12.5 Å². The van der Waals surface area contributed by atoms with E-state index in [-0.39, 0.29) is 22.6 Å². The van der Waals surface area contributed by atoms with Crippen molar-refractivity contribution in [2.75, 3.05) is 6.54 Å². The van der Waals surface area contributed by atoms with Crippen molar-refractivity contribution in [1.82, 2.24) is 5.32 Å². The Balaban J connectivity index is 2.26. The number of rotatable bonds is 10. The van der Waals surface area contributed by atoms with Crippen molar-refractivity contribution in [2.45, 2.75) is 95.8 Å². The predicted molar refractivity (Wildman–Crippen MR) is 137 cm³/mol. The molecule has 0 heterocycles. The van der Waals surface area contributed by atoms with Crippen LogP contribution in [0.3, 0.4) is 0 Å². The van der Waals surface area contributed by atoms with Gasteiger partial charge >= 0.3 is 0 Å². The van der Waals surface area contributed by atoms with E-state index in [9.17, 15) is 13.2 Å². The summed E-state index contributed by atoms with van der Waals surface area (Å²) in [5, 5.41) is 1.13. The zero-order valence-corrected chi connectivity index (χ0v) is 22.1. The van der Waals surface area contributed by atoms with Crippen molar-refractivity contribution in [3.05, 3.63) is 52.6 Å². The van der Waals surface area contributed by atoms with Crippen LogP contribution in [0.15, 0.2) is 40.8 Å². The second kappa shape index (κ2) is 11.5. The molecule has 6 heteroatoms. The fourth-order valence-electron chi connectivity index (χ4n) is 4.20. The number of sulfone groups is 1. The van der Waals surface area contributed by atoms with Gasteiger partial charge in [-0.15, -0.1) is 0 Å². The summed E-state index contributed by atoms with van der Waals surface area (Å²) < 4.78 is 27.3. The van der Waals surface area contributed by atoms with Gasteiger partial charge in [0, 0.05) is 6.54 Å². The molecule has 0 saturated carbocycles. The standard InChI is InChI=1S/C27H42N2O3S/c1-17(2)22-15-23(18(3)4)25(24(16-22)19(5)6)33(31,32)26(28)27(30)29-14-13-20(7)21-11-9-8-10-12-21/h8-9,12,15-20,26H,10-11,13-14,28H2,1-7H3,(H,29,30). The summed E-state index contributed by atoms with van der Waals surface area (Å²) in [6.07, 6.45) is 9.16. The Labute approximate surface area is 200 Å². The monoisotopic (exact) mass is 474 g/mol. The van der Waals surface area contributed by atoms with Gasteiger partial charge in [-0.3, -0.25) is 4.79 Å². The summed E-state index contributed by atoms with van der Waals surface area (Å²) in [6, 6.07) is 3.93. The maximum absolute atomic E-state index is 13.6. The molecule has 0 aliphatic heterocycles. The van der Waals surface area contributed by atoms with Gasteiger partial charge in [0.2, 0.25) is 9.84 Å². The Morgan fingerprint density at radius 1 is 0.970 bits per heavy atom. The molecule has 2 atom stereocenters. The lowest BCUT2D eigenvalue weighted by molar-refractivity contribution is -0.120. The van der Waals surface area contributed by atoms with Gasteiger partial charge < -0.3 is 11.1 Å². The molecule has 0 fully saturated rings. The third-order valence-electron chi connectivity index (χ3n) is 6.50. The van der Waals surface area contributed by atoms with Crippen LogP contribution < -0.4 is 11.1 Å². The molecule has 0 aromatic heterocycles. The topological polar surface area (TPSA) is 89.3 Å². The molecule has 2 rings (SSSR count). The predicted octanol–water partition coefficient (Wildman–Crippen LogP) is 5.53. The summed E-state index contributed by atoms with van der Waals surface area (Å²) in [7, 11) is -4.06. The van der Waals surface area contributed by atoms with E-state index in [4.69, 9.17) is 5.73 Å². The van der Waals surface area contributed by atoms with Gasteiger partial charge in [-0.05, 0) is 59.6 Å². The van der Waals surface area contributed by atoms with Gasteiger partial charge in [0.05, 0.1) is 4.90 Å². The first-order valence-electron chi connectivity index (χ1n) is 12.2. The van der Waals surface area contributed by atoms with Gasteiger partial charge in [0.15, 0.2) is 5.37 Å². The van der Waals surface area contributed by atoms with Crippen molar-refractivity contribution in [3.63, 3.8) is 0 Å². The van der Waals surface area contributed by atoms with Gasteiger partial charge in [-0.25, -0.2) is 8.42 Å². The smallest absolute Gasteiger partial charge is 0.253 e. The molecule has 1 aromatic carbocycles. The van der Waals surface area contributed by atoms with Gasteiger partial charge in [0.25, 0.3) is 5.91 Å². The average Bonchev–Trinajstić information content (AvgIpc) is 2.77. The van der Waals surface area contributed by atoms with E-state index in [1.165, 1.54) is 5.57 Å². The number of carbonyl (C=O) groups is 1. The summed E-state index contributed by atoms with van der Waals surface area (Å²) in [5.41, 5.74) is 10.0. The second-order valence-corrected chi connectivity index (χ2v) is 12.1. The van der Waals surface area contributed by atoms with E-state index in [2.05, 4.69) is 44.3 Å². The summed E-state index contributed by atoms with van der Waals surface area (Å²) >= 11 is 0. The second-order valence-electron chi connectivity index (χ2n) is 10.1. The minimum absolute atomic E-state index is 0.0140. The minimum Gasteiger partial charge on any atom is -0.354 e. The van der Waals surface area contributed by atoms with Crippen LogP contribution in [0.4, 0.5) is 0 Å². The maximum Gasteiger partial charge on any atom is 0.253 e. The van der Waals surface area contributed by atoms with Crippen molar-refractivity contribution in [2.24, 2.45) is 11.7 Å². The molecular formula is C27H42N2O3S. The number of nitrogens with one attached hydrogen (secondary N) is 1. The molecule has 3 N–H and O–H groups in total. The quantitative estimate of drug-likeness (QED) is 0.436. The van der Waals surface area contributed by atoms with E-state index in [0.717, 1.165) is 36.0 Å². The lowest BCUT2D eigenvalue weighted by Crippen LogP contribution is -2.46. The van der Waals surface area contributed by atoms with Crippen LogP contribution in [0.5, 0.6) is 0 Å². The summed E-state index contributed by atoms with van der Waals surface area (Å²) in [6.45, 7) is 14.6. The molecule has 1 aliphatic rings. The molecule has 1 amide bonds. The molecule has 0 radical (unpaired) electrons. The first-order valence-corrected chi connectivity index (χ1v) is 13.7. The third-order valence-corrected chi connectivity index (χ3v) is 8.43. The number of allylic oxidation sites excluding steroid dienone is 4. The molecule has 0 bridgehead atoms. The molecule has 0 spiro atoms. The molecule has 1 aromatic rings. The van der Waals surface area contributed by atoms with Crippen LogP contribution in [0, 0.1) is 5.92 Å². The molecule has 33 heavy (non-hydrogen) atoms. The molecule has 0 saturated heterocycles. The van der Waals surface area contributed by atoms with Crippen molar-refractivity contribution < 1.29 is 13.2 Å². The fourth-order valence-corrected chi connectivity index (χ4v) is 6.07. The van der Waals surface area contributed by atoms with E-state index >= 15 is 0 Å². The number of amides is 1. The first kappa shape index (κ1) is 27.3. The van der Waals surface area contributed by atoms with E-state index < -0.39 is 21.1 Å². The van der Waals surface area contributed by atoms with Crippen LogP contribution in [0.25, 0.3) is 0 Å². The zero-order valence-electron chi connectivity index (χ0n) is 21.3. The van der Waals surface area contributed by atoms with Crippen LogP contribution in [0.1, 0.15) is 102 Å². The molecule has 5 nitrogen and oxygen atoms in total. The average molecular weight is 475 g/mol. The number of carbonyl (C=O) groups excluding carboxylic acids is 1. The van der Waals surface area contributed by atoms with Gasteiger partial charge in [-0.2, -0.15) is 0 Å². The zero-order chi connectivity index (χ0) is 24.9.